The van der Waals surface area contributed by atoms with E-state index in [0.29, 0.717) is 6.04 Å². The van der Waals surface area contributed by atoms with E-state index in [4.69, 9.17) is 4.74 Å². The Labute approximate surface area is 183 Å². The largest absolute Gasteiger partial charge is 0.381 e. The first-order chi connectivity index (χ1) is 15.1. The molecule has 1 amide bonds. The summed E-state index contributed by atoms with van der Waals surface area (Å²) in [6.45, 7) is 5.76. The highest BCUT2D eigenvalue weighted by Crippen LogP contribution is 2.25. The number of fused-ring (bicyclic) bond motifs is 1. The summed E-state index contributed by atoms with van der Waals surface area (Å²) in [5.74, 6) is 1.04. The molecule has 1 atom stereocenters. The van der Waals surface area contributed by atoms with Crippen LogP contribution in [0.2, 0.25) is 0 Å². The summed E-state index contributed by atoms with van der Waals surface area (Å²) >= 11 is 0. The average molecular weight is 419 g/mol. The second kappa shape index (κ2) is 8.44. The number of ether oxygens (including phenoxy) is 1. The molecule has 3 aromatic rings. The molecule has 2 fully saturated rings. The van der Waals surface area contributed by atoms with Crippen molar-refractivity contribution in [1.29, 1.82) is 0 Å². The van der Waals surface area contributed by atoms with Gasteiger partial charge in [0.25, 0.3) is 5.91 Å². The van der Waals surface area contributed by atoms with Gasteiger partial charge in [-0.15, -0.1) is 0 Å². The summed E-state index contributed by atoms with van der Waals surface area (Å²) in [4.78, 5) is 22.3. The predicted octanol–water partition coefficient (Wildman–Crippen LogP) is 3.66. The lowest BCUT2D eigenvalue weighted by molar-refractivity contribution is 0.0393. The Morgan fingerprint density at radius 3 is 2.58 bits per heavy atom. The Morgan fingerprint density at radius 1 is 1.06 bits per heavy atom. The van der Waals surface area contributed by atoms with Crippen molar-refractivity contribution in [3.05, 3.63) is 59.9 Å². The molecule has 2 saturated heterocycles. The predicted molar refractivity (Wildman–Crippen MR) is 122 cm³/mol. The van der Waals surface area contributed by atoms with Gasteiger partial charge in [-0.05, 0) is 62.6 Å². The molecule has 0 radical (unpaired) electrons. The van der Waals surface area contributed by atoms with Crippen LogP contribution in [0.5, 0.6) is 0 Å². The lowest BCUT2D eigenvalue weighted by Crippen LogP contribution is -2.42. The van der Waals surface area contributed by atoms with Crippen molar-refractivity contribution in [2.75, 3.05) is 33.4 Å². The number of likely N-dealkylation sites (N-methyl/N-ethyl adjacent to an activating group) is 1. The van der Waals surface area contributed by atoms with Crippen molar-refractivity contribution in [1.82, 2.24) is 19.4 Å². The number of imidazole rings is 1. The Bertz CT molecular complexity index is 1070. The Morgan fingerprint density at radius 2 is 1.81 bits per heavy atom. The molecule has 6 nitrogen and oxygen atoms in total. The molecule has 6 heteroatoms. The van der Waals surface area contributed by atoms with Gasteiger partial charge < -0.3 is 9.64 Å². The molecule has 0 bridgehead atoms. The topological polar surface area (TPSA) is 50.6 Å². The maximum absolute atomic E-state index is 13.2. The fraction of sp³-hybridized carbons (Fsp3) is 0.440. The number of likely N-dealkylation sites (tertiary alicyclic amines) is 1. The molecule has 31 heavy (non-hydrogen) atoms. The maximum Gasteiger partial charge on any atom is 0.253 e. The van der Waals surface area contributed by atoms with Gasteiger partial charge >= 0.3 is 0 Å². The summed E-state index contributed by atoms with van der Waals surface area (Å²) < 4.78 is 7.64. The molecule has 0 N–H and O–H groups in total. The van der Waals surface area contributed by atoms with E-state index in [2.05, 4.69) is 20.5 Å². The van der Waals surface area contributed by atoms with Crippen molar-refractivity contribution < 1.29 is 9.53 Å². The van der Waals surface area contributed by atoms with E-state index in [1.165, 1.54) is 0 Å². The van der Waals surface area contributed by atoms with Crippen LogP contribution in [0.1, 0.15) is 35.4 Å². The third-order valence-corrected chi connectivity index (χ3v) is 6.87. The molecule has 162 valence electrons. The minimum absolute atomic E-state index is 0.0950. The Balaban J connectivity index is 1.29. The van der Waals surface area contributed by atoms with Crippen molar-refractivity contribution in [3.63, 3.8) is 0 Å². The van der Waals surface area contributed by atoms with E-state index >= 15 is 0 Å². The van der Waals surface area contributed by atoms with Crippen molar-refractivity contribution in [2.24, 2.45) is 0 Å². The van der Waals surface area contributed by atoms with Crippen LogP contribution in [0.3, 0.4) is 0 Å². The van der Waals surface area contributed by atoms with E-state index in [0.717, 1.165) is 73.7 Å². The third kappa shape index (κ3) is 3.86. The van der Waals surface area contributed by atoms with Crippen LogP contribution >= 0.6 is 0 Å². The van der Waals surface area contributed by atoms with Gasteiger partial charge in [0.05, 0.1) is 11.0 Å². The molecule has 3 heterocycles. The van der Waals surface area contributed by atoms with Crippen LogP contribution in [0.15, 0.2) is 48.5 Å². The van der Waals surface area contributed by atoms with Crippen molar-refractivity contribution >= 4 is 16.9 Å². The third-order valence-electron chi connectivity index (χ3n) is 6.87. The molecule has 1 aromatic heterocycles. The second-order valence-electron chi connectivity index (χ2n) is 8.73. The van der Waals surface area contributed by atoms with Gasteiger partial charge in [-0.25, -0.2) is 4.98 Å². The number of nitrogens with zero attached hydrogens (tertiary/aromatic N) is 4. The summed E-state index contributed by atoms with van der Waals surface area (Å²) in [5, 5.41) is 0. The molecule has 2 aromatic carbocycles. The normalized spacial score (nSPS) is 20.4. The molecule has 5 rings (SSSR count). The first-order valence-electron chi connectivity index (χ1n) is 11.3. The van der Waals surface area contributed by atoms with Gasteiger partial charge in [0.15, 0.2) is 0 Å². The van der Waals surface area contributed by atoms with Crippen LogP contribution in [-0.2, 0) is 4.74 Å². The lowest BCUT2D eigenvalue weighted by Gasteiger charge is -2.32. The van der Waals surface area contributed by atoms with E-state index < -0.39 is 0 Å². The highest BCUT2D eigenvalue weighted by atomic mass is 16.5. The van der Waals surface area contributed by atoms with Crippen molar-refractivity contribution in [3.8, 4) is 5.69 Å². The molecule has 0 saturated carbocycles. The van der Waals surface area contributed by atoms with Crippen LogP contribution in [0.25, 0.3) is 16.7 Å². The molecular formula is C25H30N4O2. The van der Waals surface area contributed by atoms with Gasteiger partial charge in [0.1, 0.15) is 5.82 Å². The van der Waals surface area contributed by atoms with E-state index in [9.17, 15) is 4.79 Å². The fourth-order valence-corrected chi connectivity index (χ4v) is 5.06. The zero-order valence-corrected chi connectivity index (χ0v) is 18.3. The van der Waals surface area contributed by atoms with Gasteiger partial charge in [-0.1, -0.05) is 12.1 Å². The quantitative estimate of drug-likeness (QED) is 0.649. The molecule has 2 aliphatic rings. The minimum Gasteiger partial charge on any atom is -0.381 e. The van der Waals surface area contributed by atoms with Crippen molar-refractivity contribution in [2.45, 2.75) is 38.3 Å². The highest BCUT2D eigenvalue weighted by molar-refractivity contribution is 5.94. The lowest BCUT2D eigenvalue weighted by atomic mass is 10.1. The Kier molecular flexibility index (Phi) is 5.50. The van der Waals surface area contributed by atoms with E-state index in [-0.39, 0.29) is 11.9 Å². The number of amides is 1. The average Bonchev–Trinajstić information content (AvgIpc) is 3.43. The van der Waals surface area contributed by atoms with Gasteiger partial charge in [-0.3, -0.25) is 14.3 Å². The highest BCUT2D eigenvalue weighted by Gasteiger charge is 2.33. The van der Waals surface area contributed by atoms with Gasteiger partial charge in [0, 0.05) is 56.7 Å². The first-order valence-corrected chi connectivity index (χ1v) is 11.3. The number of benzene rings is 2. The standard InChI is InChI=1S/C25H30N4O2/c1-18-26-23-5-3-4-6-24(23)29(18)21-9-7-19(8-10-21)25(30)27(2)22-11-14-28(17-22)20-12-15-31-16-13-20/h3-10,20,22H,11-17H2,1-2H3/t22-/m1/s1. The summed E-state index contributed by atoms with van der Waals surface area (Å²) in [6.07, 6.45) is 3.25. The van der Waals surface area contributed by atoms with Gasteiger partial charge in [-0.2, -0.15) is 0 Å². The molecule has 0 aliphatic carbocycles. The van der Waals surface area contributed by atoms with E-state index in [1.54, 1.807) is 0 Å². The van der Waals surface area contributed by atoms with Gasteiger partial charge in [0.2, 0.25) is 0 Å². The second-order valence-corrected chi connectivity index (χ2v) is 8.73. The smallest absolute Gasteiger partial charge is 0.253 e. The molecule has 0 spiro atoms. The number of rotatable bonds is 4. The molecule has 2 aliphatic heterocycles. The van der Waals surface area contributed by atoms with Crippen LogP contribution < -0.4 is 0 Å². The zero-order valence-electron chi connectivity index (χ0n) is 18.3. The van der Waals surface area contributed by atoms with Crippen LogP contribution in [-0.4, -0.2) is 70.7 Å². The first kappa shape index (κ1) is 20.2. The summed E-state index contributed by atoms with van der Waals surface area (Å²) in [5.41, 5.74) is 3.82. The fourth-order valence-electron chi connectivity index (χ4n) is 5.06. The van der Waals surface area contributed by atoms with Crippen LogP contribution in [0.4, 0.5) is 0 Å². The number of para-hydroxylation sites is 2. The van der Waals surface area contributed by atoms with Crippen LogP contribution in [0, 0.1) is 6.92 Å². The summed E-state index contributed by atoms with van der Waals surface area (Å²) in [7, 11) is 1.95. The SMILES string of the molecule is Cc1nc2ccccc2n1-c1ccc(C(=O)N(C)[C@@H]2CCN(C3CCOCC3)C2)cc1. The number of carbonyl (C=O) groups is 1. The summed E-state index contributed by atoms with van der Waals surface area (Å²) in [6, 6.07) is 16.9. The number of aromatic nitrogens is 2. The number of hydrogen-bond acceptors (Lipinski definition) is 4. The molecular weight excluding hydrogens is 388 g/mol. The Hall–Kier alpha value is -2.70. The monoisotopic (exact) mass is 418 g/mol. The molecule has 0 unspecified atom stereocenters. The number of carbonyl (C=O) groups excluding carboxylic acids is 1. The zero-order chi connectivity index (χ0) is 21.4. The minimum atomic E-state index is 0.0950. The number of aryl methyl sites for hydroxylation is 1. The number of hydrogen-bond donors (Lipinski definition) is 0. The maximum atomic E-state index is 13.2. The van der Waals surface area contributed by atoms with E-state index in [1.807, 2.05) is 61.3 Å².